The number of aryl methyl sites for hydroxylation is 1. The molecule has 1 spiro atoms. The summed E-state index contributed by atoms with van der Waals surface area (Å²) >= 11 is 0. The molecule has 2 N–H and O–H groups in total. The molecule has 3 aliphatic rings. The first-order valence-corrected chi connectivity index (χ1v) is 8.35. The highest BCUT2D eigenvalue weighted by Gasteiger charge is 2.57. The Morgan fingerprint density at radius 2 is 2.10 bits per heavy atom. The van der Waals surface area contributed by atoms with Crippen molar-refractivity contribution in [1.29, 1.82) is 0 Å². The Kier molecular flexibility index (Phi) is 3.26. The van der Waals surface area contributed by atoms with Crippen LogP contribution in [-0.2, 0) is 11.2 Å². The monoisotopic (exact) mass is 284 g/mol. The van der Waals surface area contributed by atoms with E-state index in [9.17, 15) is 4.79 Å². The molecule has 1 saturated carbocycles. The quantitative estimate of drug-likeness (QED) is 0.893. The second-order valence-electron chi connectivity index (χ2n) is 7.05. The van der Waals surface area contributed by atoms with Crippen molar-refractivity contribution < 1.29 is 4.79 Å². The van der Waals surface area contributed by atoms with Crippen LogP contribution in [0, 0.1) is 11.3 Å². The van der Waals surface area contributed by atoms with E-state index in [0.29, 0.717) is 17.2 Å². The van der Waals surface area contributed by atoms with Gasteiger partial charge in [-0.1, -0.05) is 24.3 Å². The maximum Gasteiger partial charge on any atom is 0.223 e. The summed E-state index contributed by atoms with van der Waals surface area (Å²) in [6.45, 7) is 2.99. The highest BCUT2D eigenvalue weighted by Crippen LogP contribution is 2.58. The van der Waals surface area contributed by atoms with Gasteiger partial charge >= 0.3 is 0 Å². The Morgan fingerprint density at radius 3 is 2.95 bits per heavy atom. The standard InChI is InChI=1S/C18H24N2O/c21-17(16-11-18(16)7-9-19-10-8-18)20-12-14-6-5-13-3-1-2-4-15(13)14/h1-4,14,16,19H,5-12H2,(H,20,21). The van der Waals surface area contributed by atoms with Crippen LogP contribution < -0.4 is 10.6 Å². The molecule has 2 atom stereocenters. The molecule has 0 radical (unpaired) electrons. The summed E-state index contributed by atoms with van der Waals surface area (Å²) in [5.74, 6) is 1.12. The SMILES string of the molecule is O=C(NCC1CCc2ccccc21)C1CC12CCNCC2. The normalized spacial score (nSPS) is 29.1. The highest BCUT2D eigenvalue weighted by atomic mass is 16.2. The molecular weight excluding hydrogens is 260 g/mol. The van der Waals surface area contributed by atoms with E-state index in [1.807, 2.05) is 0 Å². The van der Waals surface area contributed by atoms with E-state index >= 15 is 0 Å². The molecule has 1 heterocycles. The maximum absolute atomic E-state index is 12.4. The Hall–Kier alpha value is -1.35. The molecule has 1 saturated heterocycles. The molecule has 0 bridgehead atoms. The van der Waals surface area contributed by atoms with Crippen LogP contribution in [-0.4, -0.2) is 25.5 Å². The van der Waals surface area contributed by atoms with Gasteiger partial charge in [0, 0.05) is 18.4 Å². The minimum absolute atomic E-state index is 0.288. The molecule has 3 heteroatoms. The van der Waals surface area contributed by atoms with Crippen LogP contribution in [0.4, 0.5) is 0 Å². The van der Waals surface area contributed by atoms with Crippen molar-refractivity contribution in [3.8, 4) is 0 Å². The van der Waals surface area contributed by atoms with Crippen molar-refractivity contribution in [2.75, 3.05) is 19.6 Å². The van der Waals surface area contributed by atoms with Gasteiger partial charge < -0.3 is 10.6 Å². The molecule has 2 aliphatic carbocycles. The van der Waals surface area contributed by atoms with Gasteiger partial charge in [0.25, 0.3) is 0 Å². The van der Waals surface area contributed by atoms with Crippen LogP contribution in [0.1, 0.15) is 42.7 Å². The molecule has 2 unspecified atom stereocenters. The number of rotatable bonds is 3. The van der Waals surface area contributed by atoms with Crippen molar-refractivity contribution in [1.82, 2.24) is 10.6 Å². The van der Waals surface area contributed by atoms with Crippen LogP contribution in [0.3, 0.4) is 0 Å². The maximum atomic E-state index is 12.4. The largest absolute Gasteiger partial charge is 0.355 e. The van der Waals surface area contributed by atoms with E-state index in [0.717, 1.165) is 32.5 Å². The molecule has 4 rings (SSSR count). The van der Waals surface area contributed by atoms with Gasteiger partial charge in [-0.15, -0.1) is 0 Å². The summed E-state index contributed by atoms with van der Waals surface area (Å²) in [5.41, 5.74) is 3.27. The second-order valence-corrected chi connectivity index (χ2v) is 7.05. The summed E-state index contributed by atoms with van der Waals surface area (Å²) in [6, 6.07) is 8.68. The van der Waals surface area contributed by atoms with E-state index in [-0.39, 0.29) is 5.92 Å². The third-order valence-corrected chi connectivity index (χ3v) is 5.89. The van der Waals surface area contributed by atoms with Crippen LogP contribution in [0.2, 0.25) is 0 Å². The zero-order valence-corrected chi connectivity index (χ0v) is 12.5. The van der Waals surface area contributed by atoms with Gasteiger partial charge in [-0.05, 0) is 61.7 Å². The van der Waals surface area contributed by atoms with Gasteiger partial charge in [-0.25, -0.2) is 0 Å². The van der Waals surface area contributed by atoms with E-state index in [2.05, 4.69) is 34.9 Å². The molecule has 2 fully saturated rings. The highest BCUT2D eigenvalue weighted by molar-refractivity contribution is 5.82. The summed E-state index contributed by atoms with van der Waals surface area (Å²) in [5, 5.41) is 6.64. The number of amides is 1. The summed E-state index contributed by atoms with van der Waals surface area (Å²) < 4.78 is 0. The number of carbonyl (C=O) groups is 1. The molecule has 21 heavy (non-hydrogen) atoms. The molecule has 1 amide bonds. The van der Waals surface area contributed by atoms with E-state index in [4.69, 9.17) is 0 Å². The molecule has 1 aliphatic heterocycles. The third-order valence-electron chi connectivity index (χ3n) is 5.89. The fourth-order valence-electron chi connectivity index (χ4n) is 4.40. The number of fused-ring (bicyclic) bond motifs is 1. The molecule has 1 aromatic carbocycles. The second kappa shape index (κ2) is 5.13. The first kappa shape index (κ1) is 13.3. The average molecular weight is 284 g/mol. The number of nitrogens with one attached hydrogen (secondary N) is 2. The first-order valence-electron chi connectivity index (χ1n) is 8.35. The number of benzene rings is 1. The zero-order chi connectivity index (χ0) is 14.3. The predicted molar refractivity (Wildman–Crippen MR) is 83.2 cm³/mol. The Labute approximate surface area is 126 Å². The van der Waals surface area contributed by atoms with E-state index < -0.39 is 0 Å². The van der Waals surface area contributed by atoms with Gasteiger partial charge in [-0.3, -0.25) is 4.79 Å². The van der Waals surface area contributed by atoms with Crippen LogP contribution >= 0.6 is 0 Å². The molecule has 112 valence electrons. The lowest BCUT2D eigenvalue weighted by Gasteiger charge is -2.23. The van der Waals surface area contributed by atoms with E-state index in [1.165, 1.54) is 30.4 Å². The molecular formula is C18H24N2O. The summed E-state index contributed by atoms with van der Waals surface area (Å²) in [6.07, 6.45) is 5.81. The lowest BCUT2D eigenvalue weighted by atomic mass is 9.91. The fraction of sp³-hybridized carbons (Fsp3) is 0.611. The molecule has 1 aromatic rings. The zero-order valence-electron chi connectivity index (χ0n) is 12.5. The fourth-order valence-corrected chi connectivity index (χ4v) is 4.40. The van der Waals surface area contributed by atoms with Crippen LogP contribution in [0.15, 0.2) is 24.3 Å². The van der Waals surface area contributed by atoms with Crippen LogP contribution in [0.5, 0.6) is 0 Å². The summed E-state index contributed by atoms with van der Waals surface area (Å²) in [7, 11) is 0. The molecule has 3 nitrogen and oxygen atoms in total. The van der Waals surface area contributed by atoms with Crippen LogP contribution in [0.25, 0.3) is 0 Å². The Morgan fingerprint density at radius 1 is 1.29 bits per heavy atom. The number of carbonyl (C=O) groups excluding carboxylic acids is 1. The van der Waals surface area contributed by atoms with Gasteiger partial charge in [0.05, 0.1) is 0 Å². The lowest BCUT2D eigenvalue weighted by molar-refractivity contribution is -0.123. The topological polar surface area (TPSA) is 41.1 Å². The smallest absolute Gasteiger partial charge is 0.223 e. The minimum Gasteiger partial charge on any atom is -0.355 e. The lowest BCUT2D eigenvalue weighted by Crippen LogP contribution is -2.34. The Balaban J connectivity index is 1.33. The Bertz CT molecular complexity index is 548. The predicted octanol–water partition coefficient (Wildman–Crippen LogP) is 2.22. The van der Waals surface area contributed by atoms with Crippen molar-refractivity contribution in [3.05, 3.63) is 35.4 Å². The van der Waals surface area contributed by atoms with Gasteiger partial charge in [0.1, 0.15) is 0 Å². The first-order chi connectivity index (χ1) is 10.3. The van der Waals surface area contributed by atoms with Crippen molar-refractivity contribution in [2.45, 2.75) is 38.0 Å². The van der Waals surface area contributed by atoms with E-state index in [1.54, 1.807) is 0 Å². The summed E-state index contributed by atoms with van der Waals surface area (Å²) in [4.78, 5) is 12.4. The third kappa shape index (κ3) is 2.38. The number of piperidine rings is 1. The number of hydrogen-bond donors (Lipinski definition) is 2. The van der Waals surface area contributed by atoms with Crippen molar-refractivity contribution >= 4 is 5.91 Å². The minimum atomic E-state index is 0.288. The van der Waals surface area contributed by atoms with Gasteiger partial charge in [0.2, 0.25) is 5.91 Å². The molecule has 0 aromatic heterocycles. The van der Waals surface area contributed by atoms with Gasteiger partial charge in [0.15, 0.2) is 0 Å². The number of hydrogen-bond acceptors (Lipinski definition) is 2. The van der Waals surface area contributed by atoms with Gasteiger partial charge in [-0.2, -0.15) is 0 Å². The van der Waals surface area contributed by atoms with Crippen molar-refractivity contribution in [3.63, 3.8) is 0 Å². The average Bonchev–Trinajstić information content (AvgIpc) is 3.05. The van der Waals surface area contributed by atoms with Crippen molar-refractivity contribution in [2.24, 2.45) is 11.3 Å².